The van der Waals surface area contributed by atoms with Crippen LogP contribution in [0.5, 0.6) is 0 Å². The Kier molecular flexibility index (Phi) is 6.48. The molecule has 4 aliphatic rings. The van der Waals surface area contributed by atoms with Crippen molar-refractivity contribution in [3.05, 3.63) is 29.8 Å². The van der Waals surface area contributed by atoms with E-state index in [1.165, 1.54) is 36.1 Å². The lowest BCUT2D eigenvalue weighted by Crippen LogP contribution is -2.44. The van der Waals surface area contributed by atoms with Crippen molar-refractivity contribution in [1.29, 1.82) is 0 Å². The molecular formula is C23H31F2N3O3S2. The summed E-state index contributed by atoms with van der Waals surface area (Å²) in [7, 11) is -4.20. The lowest BCUT2D eigenvalue weighted by atomic mass is 9.92. The van der Waals surface area contributed by atoms with Gasteiger partial charge >= 0.3 is 0 Å². The predicted octanol–water partition coefficient (Wildman–Crippen LogP) is 4.33. The number of benzene rings is 1. The monoisotopic (exact) mass is 499 g/mol. The Hall–Kier alpha value is -1.23. The van der Waals surface area contributed by atoms with Crippen molar-refractivity contribution in [2.24, 2.45) is 22.7 Å². The van der Waals surface area contributed by atoms with E-state index in [0.29, 0.717) is 25.6 Å². The van der Waals surface area contributed by atoms with Gasteiger partial charge in [0.05, 0.1) is 0 Å². The van der Waals surface area contributed by atoms with Crippen LogP contribution in [0.3, 0.4) is 0 Å². The zero-order valence-corrected chi connectivity index (χ0v) is 20.4. The molecule has 2 heterocycles. The molecule has 1 aromatic carbocycles. The van der Waals surface area contributed by atoms with E-state index in [1.54, 1.807) is 11.8 Å². The highest BCUT2D eigenvalue weighted by molar-refractivity contribution is 8.14. The number of halogens is 2. The van der Waals surface area contributed by atoms with Crippen LogP contribution in [-0.2, 0) is 14.8 Å². The molecule has 0 aromatic heterocycles. The van der Waals surface area contributed by atoms with E-state index < -0.39 is 31.5 Å². The van der Waals surface area contributed by atoms with E-state index in [-0.39, 0.29) is 19.0 Å². The predicted molar refractivity (Wildman–Crippen MR) is 124 cm³/mol. The number of amidine groups is 1. The number of aliphatic imine (C=N–C) groups is 1. The molecule has 0 spiro atoms. The summed E-state index contributed by atoms with van der Waals surface area (Å²) >= 11 is 1.63. The number of nitrogens with zero attached hydrogens (tertiary/aromatic N) is 2. The maximum absolute atomic E-state index is 14.1. The van der Waals surface area contributed by atoms with Gasteiger partial charge in [-0.05, 0) is 75.3 Å². The summed E-state index contributed by atoms with van der Waals surface area (Å²) in [4.78, 5) is 3.27. The van der Waals surface area contributed by atoms with Crippen LogP contribution in [0, 0.1) is 29.4 Å². The van der Waals surface area contributed by atoms with Gasteiger partial charge in [0.15, 0.2) is 10.1 Å². The highest BCUT2D eigenvalue weighted by atomic mass is 32.2. The molecule has 2 bridgehead atoms. The van der Waals surface area contributed by atoms with Gasteiger partial charge in [-0.15, -0.1) is 0 Å². The van der Waals surface area contributed by atoms with Crippen LogP contribution in [-0.4, -0.2) is 48.7 Å². The fourth-order valence-corrected chi connectivity index (χ4v) is 8.73. The minimum Gasteiger partial charge on any atom is -0.362 e. The Morgan fingerprint density at radius 1 is 1.18 bits per heavy atom. The second-order valence-electron chi connectivity index (χ2n) is 10.0. The van der Waals surface area contributed by atoms with Crippen LogP contribution in [0.25, 0.3) is 0 Å². The van der Waals surface area contributed by atoms with Gasteiger partial charge in [0.2, 0.25) is 10.0 Å². The van der Waals surface area contributed by atoms with E-state index in [1.807, 2.05) is 0 Å². The van der Waals surface area contributed by atoms with Gasteiger partial charge in [0, 0.05) is 19.1 Å². The minimum absolute atomic E-state index is 0.242. The number of piperidine rings is 1. The maximum atomic E-state index is 14.1. The Bertz CT molecular complexity index is 1010. The second kappa shape index (κ2) is 9.09. The molecule has 1 saturated heterocycles. The molecule has 3 fully saturated rings. The average molecular weight is 500 g/mol. The summed E-state index contributed by atoms with van der Waals surface area (Å²) in [6, 6.07) is 3.64. The Balaban J connectivity index is 1.17. The third-order valence-corrected chi connectivity index (χ3v) is 10.8. The molecule has 33 heavy (non-hydrogen) atoms. The summed E-state index contributed by atoms with van der Waals surface area (Å²) in [5.41, 5.74) is 0. The number of rotatable bonds is 5. The highest BCUT2D eigenvalue weighted by Gasteiger charge is 2.42. The van der Waals surface area contributed by atoms with Crippen LogP contribution in [0.15, 0.2) is 28.1 Å². The van der Waals surface area contributed by atoms with E-state index in [4.69, 9.17) is 4.74 Å². The molecule has 2 saturated carbocycles. The Labute approximate surface area is 198 Å². The fourth-order valence-electron chi connectivity index (χ4n) is 5.99. The van der Waals surface area contributed by atoms with Crippen molar-refractivity contribution < 1.29 is 21.9 Å². The number of hydrogen-bond donors (Lipinski definition) is 1. The molecular weight excluding hydrogens is 468 g/mol. The van der Waals surface area contributed by atoms with Gasteiger partial charge in [0.1, 0.15) is 23.3 Å². The van der Waals surface area contributed by atoms with Crippen molar-refractivity contribution in [2.45, 2.75) is 67.7 Å². The third kappa shape index (κ3) is 4.81. The number of hydrogen-bond acceptors (Lipinski definition) is 6. The average Bonchev–Trinajstić information content (AvgIpc) is 3.37. The molecule has 10 heteroatoms. The highest BCUT2D eigenvalue weighted by Crippen LogP contribution is 2.45. The van der Waals surface area contributed by atoms with E-state index in [9.17, 15) is 17.2 Å². The SMILES string of the molecule is CC1(CC2CCN(S(=O)(=O)c3c(F)cccc3F)CC2)OCN=C(N[C@H]2C[C@@H]3CC[C@H]2C3)S1. The van der Waals surface area contributed by atoms with E-state index in [2.05, 4.69) is 17.2 Å². The second-order valence-corrected chi connectivity index (χ2v) is 13.3. The third-order valence-electron chi connectivity index (χ3n) is 7.69. The lowest BCUT2D eigenvalue weighted by Gasteiger charge is -2.39. The molecule has 6 nitrogen and oxygen atoms in total. The zero-order chi connectivity index (χ0) is 23.2. The van der Waals surface area contributed by atoms with Crippen LogP contribution in [0.2, 0.25) is 0 Å². The van der Waals surface area contributed by atoms with Crippen LogP contribution < -0.4 is 5.32 Å². The molecule has 0 radical (unpaired) electrons. The summed E-state index contributed by atoms with van der Waals surface area (Å²) in [6.07, 6.45) is 7.27. The maximum Gasteiger partial charge on any atom is 0.248 e. The van der Waals surface area contributed by atoms with Crippen molar-refractivity contribution >= 4 is 27.0 Å². The molecule has 2 aliphatic heterocycles. The molecule has 2 aliphatic carbocycles. The molecule has 1 unspecified atom stereocenters. The molecule has 1 N–H and O–H groups in total. The van der Waals surface area contributed by atoms with Crippen LogP contribution in [0.1, 0.15) is 51.9 Å². The number of ether oxygens (including phenoxy) is 1. The summed E-state index contributed by atoms with van der Waals surface area (Å²) in [5, 5.41) is 4.63. The molecule has 182 valence electrons. The topological polar surface area (TPSA) is 71.0 Å². The standard InChI is InChI=1S/C23H31F2N3O3S2/c1-23(31-14-26-22(32-23)27-20-12-16-5-6-17(20)11-16)13-15-7-9-28(10-8-15)33(29,30)21-18(24)3-2-4-19(21)25/h2-4,15-17,20H,5-14H2,1H3,(H,26,27)/t16-,17+,20+,23?/m1/s1. The lowest BCUT2D eigenvalue weighted by molar-refractivity contribution is 0.0190. The zero-order valence-electron chi connectivity index (χ0n) is 18.8. The van der Waals surface area contributed by atoms with Gasteiger partial charge in [-0.3, -0.25) is 0 Å². The number of nitrogens with one attached hydrogen (secondary N) is 1. The molecule has 4 atom stereocenters. The van der Waals surface area contributed by atoms with Crippen LogP contribution in [0.4, 0.5) is 8.78 Å². The first-order valence-electron chi connectivity index (χ1n) is 11.8. The smallest absolute Gasteiger partial charge is 0.248 e. The molecule has 1 aromatic rings. The van der Waals surface area contributed by atoms with Gasteiger partial charge < -0.3 is 10.1 Å². The number of thioether (sulfide) groups is 1. The van der Waals surface area contributed by atoms with Gasteiger partial charge in [-0.2, -0.15) is 4.31 Å². The Morgan fingerprint density at radius 2 is 1.91 bits per heavy atom. The molecule has 5 rings (SSSR count). The summed E-state index contributed by atoms with van der Waals surface area (Å²) in [5.74, 6) is -0.208. The fraction of sp³-hybridized carbons (Fsp3) is 0.696. The first-order chi connectivity index (χ1) is 15.7. The minimum atomic E-state index is -4.20. The Morgan fingerprint density at radius 3 is 2.55 bits per heavy atom. The first kappa shape index (κ1) is 23.5. The van der Waals surface area contributed by atoms with Gasteiger partial charge in [0.25, 0.3) is 0 Å². The van der Waals surface area contributed by atoms with Crippen molar-refractivity contribution in [1.82, 2.24) is 9.62 Å². The van der Waals surface area contributed by atoms with Crippen LogP contribution >= 0.6 is 11.8 Å². The van der Waals surface area contributed by atoms with E-state index >= 15 is 0 Å². The summed E-state index contributed by atoms with van der Waals surface area (Å²) in [6.45, 7) is 2.89. The van der Waals surface area contributed by atoms with Gasteiger partial charge in [-0.25, -0.2) is 22.2 Å². The largest absolute Gasteiger partial charge is 0.362 e. The number of sulfonamides is 1. The quantitative estimate of drug-likeness (QED) is 0.653. The first-order valence-corrected chi connectivity index (χ1v) is 14.1. The molecule has 0 amide bonds. The summed E-state index contributed by atoms with van der Waals surface area (Å²) < 4.78 is 61.1. The van der Waals surface area contributed by atoms with Crippen molar-refractivity contribution in [3.8, 4) is 0 Å². The van der Waals surface area contributed by atoms with Crippen molar-refractivity contribution in [2.75, 3.05) is 19.8 Å². The van der Waals surface area contributed by atoms with Gasteiger partial charge in [-0.1, -0.05) is 24.2 Å². The normalized spacial score (nSPS) is 33.3. The number of fused-ring (bicyclic) bond motifs is 2. The van der Waals surface area contributed by atoms with Crippen molar-refractivity contribution in [3.63, 3.8) is 0 Å². The van der Waals surface area contributed by atoms with E-state index in [0.717, 1.165) is 35.6 Å².